The van der Waals surface area contributed by atoms with Crippen molar-refractivity contribution in [3.8, 4) is 0 Å². The zero-order valence-electron chi connectivity index (χ0n) is 14.0. The van der Waals surface area contributed by atoms with Crippen LogP contribution in [0.3, 0.4) is 0 Å². The molecular weight excluding hydrogens is 356 g/mol. The van der Waals surface area contributed by atoms with E-state index in [1.165, 1.54) is 19.3 Å². The van der Waals surface area contributed by atoms with E-state index in [0.29, 0.717) is 19.0 Å². The Morgan fingerprint density at radius 1 is 0.957 bits per heavy atom. The van der Waals surface area contributed by atoms with E-state index in [2.05, 4.69) is 20.8 Å². The van der Waals surface area contributed by atoms with Crippen LogP contribution in [-0.4, -0.2) is 52.1 Å². The summed E-state index contributed by atoms with van der Waals surface area (Å²) in [6.45, 7) is 4.65. The van der Waals surface area contributed by atoms with Crippen molar-refractivity contribution in [1.82, 2.24) is 9.80 Å². The molecule has 23 heavy (non-hydrogen) atoms. The number of hydrogen-bond donors (Lipinski definition) is 0. The number of rotatable bonds is 1. The molecule has 1 heterocycles. The first-order valence-electron chi connectivity index (χ1n) is 9.13. The normalized spacial score (nSPS) is 42.7. The van der Waals surface area contributed by atoms with Gasteiger partial charge in [-0.3, -0.25) is 9.59 Å². The van der Waals surface area contributed by atoms with E-state index in [0.717, 1.165) is 50.6 Å². The summed E-state index contributed by atoms with van der Waals surface area (Å²) >= 11 is 4.01. The van der Waals surface area contributed by atoms with Crippen LogP contribution in [0.4, 0.5) is 0 Å². The minimum absolute atomic E-state index is 0.112. The molecule has 5 aliphatic rings. The SMILES string of the molecule is CC(=O)N1CCCN(C(=O)C23C[C@H]4C[C@@H](CC(Br)(C4)C2)C3)CC1. The lowest BCUT2D eigenvalue weighted by molar-refractivity contribution is -0.155. The molecule has 2 amide bonds. The number of carbonyl (C=O) groups is 2. The van der Waals surface area contributed by atoms with Gasteiger partial charge in [-0.2, -0.15) is 0 Å². The highest BCUT2D eigenvalue weighted by Gasteiger charge is 2.60. The zero-order valence-corrected chi connectivity index (χ0v) is 15.6. The van der Waals surface area contributed by atoms with Gasteiger partial charge in [0.15, 0.2) is 0 Å². The number of amides is 2. The Kier molecular flexibility index (Phi) is 3.78. The molecule has 5 rings (SSSR count). The molecule has 4 bridgehead atoms. The standard InChI is InChI=1S/C18H27BrN2O2/c1-13(22)20-3-2-4-21(6-5-20)16(23)17-8-14-7-15(9-17)11-18(19,10-14)12-17/h14-15H,2-12H2,1H3/t14-,15-,17?,18?/m1/s1. The molecule has 1 aliphatic heterocycles. The van der Waals surface area contributed by atoms with E-state index in [4.69, 9.17) is 0 Å². The van der Waals surface area contributed by atoms with Crippen LogP contribution in [0, 0.1) is 17.3 Å². The second kappa shape index (κ2) is 5.47. The quantitative estimate of drug-likeness (QED) is 0.654. The van der Waals surface area contributed by atoms with Crippen LogP contribution in [-0.2, 0) is 9.59 Å². The summed E-state index contributed by atoms with van der Waals surface area (Å²) in [5.41, 5.74) is -0.112. The number of alkyl halides is 1. The molecular formula is C18H27BrN2O2. The van der Waals surface area contributed by atoms with Gasteiger partial charge in [0.05, 0.1) is 5.41 Å². The molecule has 0 spiro atoms. The van der Waals surface area contributed by atoms with Crippen LogP contribution in [0.15, 0.2) is 0 Å². The van der Waals surface area contributed by atoms with E-state index in [1.54, 1.807) is 6.92 Å². The summed E-state index contributed by atoms with van der Waals surface area (Å²) in [5, 5.41) is 0. The predicted octanol–water partition coefficient (Wildman–Crippen LogP) is 2.80. The summed E-state index contributed by atoms with van der Waals surface area (Å²) in [6, 6.07) is 0. The lowest BCUT2D eigenvalue weighted by Gasteiger charge is -2.60. The fraction of sp³-hybridized carbons (Fsp3) is 0.889. The van der Waals surface area contributed by atoms with E-state index in [1.807, 2.05) is 4.90 Å². The summed E-state index contributed by atoms with van der Waals surface area (Å²) in [4.78, 5) is 29.0. The van der Waals surface area contributed by atoms with Gasteiger partial charge in [0.2, 0.25) is 11.8 Å². The van der Waals surface area contributed by atoms with Gasteiger partial charge in [-0.05, 0) is 56.8 Å². The first kappa shape index (κ1) is 15.9. The van der Waals surface area contributed by atoms with Gasteiger partial charge in [0.25, 0.3) is 0 Å². The van der Waals surface area contributed by atoms with Gasteiger partial charge < -0.3 is 9.80 Å². The number of carbonyl (C=O) groups excluding carboxylic acids is 2. The fourth-order valence-corrected chi connectivity index (χ4v) is 7.62. The Labute approximate surface area is 147 Å². The summed E-state index contributed by atoms with van der Waals surface area (Å²) in [6.07, 6.45) is 7.99. The predicted molar refractivity (Wildman–Crippen MR) is 92.2 cm³/mol. The number of halogens is 1. The van der Waals surface area contributed by atoms with Crippen LogP contribution in [0.5, 0.6) is 0 Å². The highest BCUT2D eigenvalue weighted by atomic mass is 79.9. The van der Waals surface area contributed by atoms with Crippen molar-refractivity contribution in [2.24, 2.45) is 17.3 Å². The van der Waals surface area contributed by atoms with Gasteiger partial charge >= 0.3 is 0 Å². The fourth-order valence-electron chi connectivity index (χ4n) is 6.17. The third-order valence-electron chi connectivity index (χ3n) is 6.67. The van der Waals surface area contributed by atoms with E-state index in [9.17, 15) is 9.59 Å². The molecule has 128 valence electrons. The highest BCUT2D eigenvalue weighted by Crippen LogP contribution is 2.64. The van der Waals surface area contributed by atoms with Crippen LogP contribution < -0.4 is 0 Å². The molecule has 5 heteroatoms. The third kappa shape index (κ3) is 2.73. The first-order valence-corrected chi connectivity index (χ1v) is 9.92. The van der Waals surface area contributed by atoms with Crippen LogP contribution in [0.1, 0.15) is 51.9 Å². The Morgan fingerprint density at radius 2 is 1.57 bits per heavy atom. The Balaban J connectivity index is 1.51. The molecule has 4 nitrogen and oxygen atoms in total. The van der Waals surface area contributed by atoms with Gasteiger partial charge in [-0.15, -0.1) is 0 Å². The first-order chi connectivity index (χ1) is 10.9. The molecule has 0 aromatic heterocycles. The van der Waals surface area contributed by atoms with Crippen molar-refractivity contribution < 1.29 is 9.59 Å². The smallest absolute Gasteiger partial charge is 0.228 e. The van der Waals surface area contributed by atoms with Crippen molar-refractivity contribution in [3.05, 3.63) is 0 Å². The van der Waals surface area contributed by atoms with Crippen molar-refractivity contribution in [1.29, 1.82) is 0 Å². The average molecular weight is 383 g/mol. The largest absolute Gasteiger partial charge is 0.341 e. The molecule has 4 saturated carbocycles. The molecule has 5 fully saturated rings. The van der Waals surface area contributed by atoms with Gasteiger partial charge in [0.1, 0.15) is 0 Å². The maximum Gasteiger partial charge on any atom is 0.228 e. The van der Waals surface area contributed by atoms with Gasteiger partial charge in [-0.25, -0.2) is 0 Å². The van der Waals surface area contributed by atoms with Crippen molar-refractivity contribution in [2.45, 2.75) is 56.2 Å². The molecule has 2 atom stereocenters. The molecule has 1 saturated heterocycles. The maximum atomic E-state index is 13.4. The van der Waals surface area contributed by atoms with Gasteiger partial charge in [-0.1, -0.05) is 15.9 Å². The minimum Gasteiger partial charge on any atom is -0.341 e. The molecule has 0 aromatic rings. The van der Waals surface area contributed by atoms with Gasteiger partial charge in [0, 0.05) is 37.4 Å². The number of nitrogens with zero attached hydrogens (tertiary/aromatic N) is 2. The number of hydrogen-bond acceptors (Lipinski definition) is 2. The Bertz CT molecular complexity index is 521. The van der Waals surface area contributed by atoms with Crippen LogP contribution in [0.25, 0.3) is 0 Å². The molecule has 0 aromatic carbocycles. The maximum absolute atomic E-state index is 13.4. The third-order valence-corrected chi connectivity index (χ3v) is 7.60. The highest BCUT2D eigenvalue weighted by molar-refractivity contribution is 9.10. The summed E-state index contributed by atoms with van der Waals surface area (Å²) < 4.78 is 0.226. The minimum atomic E-state index is -0.112. The average Bonchev–Trinajstić information content (AvgIpc) is 2.69. The topological polar surface area (TPSA) is 40.6 Å². The molecule has 0 unspecified atom stereocenters. The second-order valence-corrected chi connectivity index (χ2v) is 10.2. The van der Waals surface area contributed by atoms with Crippen LogP contribution >= 0.6 is 15.9 Å². The van der Waals surface area contributed by atoms with E-state index >= 15 is 0 Å². The lowest BCUT2D eigenvalue weighted by Crippen LogP contribution is -2.59. The van der Waals surface area contributed by atoms with Crippen molar-refractivity contribution in [3.63, 3.8) is 0 Å². The van der Waals surface area contributed by atoms with E-state index in [-0.39, 0.29) is 15.6 Å². The Morgan fingerprint density at radius 3 is 2.17 bits per heavy atom. The molecule has 4 aliphatic carbocycles. The van der Waals surface area contributed by atoms with E-state index < -0.39 is 0 Å². The second-order valence-electron chi connectivity index (χ2n) is 8.54. The van der Waals surface area contributed by atoms with Crippen molar-refractivity contribution >= 4 is 27.7 Å². The molecule has 0 radical (unpaired) electrons. The monoisotopic (exact) mass is 382 g/mol. The van der Waals surface area contributed by atoms with Crippen molar-refractivity contribution in [2.75, 3.05) is 26.2 Å². The Hall–Kier alpha value is -0.580. The molecule has 0 N–H and O–H groups in total. The lowest BCUT2D eigenvalue weighted by atomic mass is 9.49. The van der Waals surface area contributed by atoms with Crippen LogP contribution in [0.2, 0.25) is 0 Å². The summed E-state index contributed by atoms with van der Waals surface area (Å²) in [5.74, 6) is 2.00. The summed E-state index contributed by atoms with van der Waals surface area (Å²) in [7, 11) is 0. The zero-order chi connectivity index (χ0) is 16.2.